The van der Waals surface area contributed by atoms with Crippen LogP contribution in [0.2, 0.25) is 0 Å². The summed E-state index contributed by atoms with van der Waals surface area (Å²) in [6.07, 6.45) is 4.16. The van der Waals surface area contributed by atoms with Gasteiger partial charge in [0.05, 0.1) is 19.4 Å². The third-order valence-corrected chi connectivity index (χ3v) is 3.82. The average Bonchev–Trinajstić information content (AvgIpc) is 3.03. The fourth-order valence-corrected chi connectivity index (χ4v) is 2.91. The molecule has 102 valence electrons. The van der Waals surface area contributed by atoms with Crippen LogP contribution in [0, 0.1) is 0 Å². The lowest BCUT2D eigenvalue weighted by molar-refractivity contribution is -0.122. The summed E-state index contributed by atoms with van der Waals surface area (Å²) >= 11 is 0. The van der Waals surface area contributed by atoms with Gasteiger partial charge in [0, 0.05) is 12.1 Å². The van der Waals surface area contributed by atoms with Gasteiger partial charge in [-0.05, 0) is 18.9 Å². The molecule has 0 aromatic carbocycles. The van der Waals surface area contributed by atoms with Crippen LogP contribution in [0.25, 0.3) is 0 Å². The van der Waals surface area contributed by atoms with Gasteiger partial charge in [0.2, 0.25) is 11.7 Å². The normalized spacial score (nSPS) is 26.9. The molecule has 2 saturated heterocycles. The molecule has 2 aliphatic rings. The number of methoxy groups -OCH3 is 1. The minimum atomic E-state index is -0.519. The second kappa shape index (κ2) is 4.70. The molecule has 6 nitrogen and oxygen atoms in total. The first kappa shape index (κ1) is 12.2. The summed E-state index contributed by atoms with van der Waals surface area (Å²) < 4.78 is 9.89. The monoisotopic (exact) mass is 264 g/mol. The molecule has 0 saturated carbocycles. The third kappa shape index (κ3) is 1.92. The predicted octanol–water partition coefficient (Wildman–Crippen LogP) is 1.05. The van der Waals surface area contributed by atoms with E-state index in [1.165, 1.54) is 13.4 Å². The van der Waals surface area contributed by atoms with Crippen LogP contribution in [0.15, 0.2) is 16.7 Å². The smallest absolute Gasteiger partial charge is 0.374 e. The molecule has 6 heteroatoms. The summed E-state index contributed by atoms with van der Waals surface area (Å²) in [5.41, 5.74) is 0.671. The van der Waals surface area contributed by atoms with E-state index in [1.54, 1.807) is 6.07 Å². The summed E-state index contributed by atoms with van der Waals surface area (Å²) in [6.45, 7) is 0.847. The largest absolute Gasteiger partial charge is 0.463 e. The summed E-state index contributed by atoms with van der Waals surface area (Å²) in [5.74, 6) is -0.324. The van der Waals surface area contributed by atoms with E-state index < -0.39 is 5.97 Å². The second-order valence-corrected chi connectivity index (χ2v) is 4.86. The standard InChI is InChI=1S/C13H16N2O4/c1-18-13(17)10-8(5-7-19-10)11-14-12(16)9-4-2-3-6-15(9)11/h5,7,9,11H,2-4,6H2,1H3,(H,14,16)/t9-,11+/m0/s1. The number of amides is 1. The Morgan fingerprint density at radius 1 is 1.53 bits per heavy atom. The van der Waals surface area contributed by atoms with Crippen LogP contribution in [-0.2, 0) is 9.53 Å². The van der Waals surface area contributed by atoms with Gasteiger partial charge in [0.1, 0.15) is 6.17 Å². The number of nitrogens with zero attached hydrogens (tertiary/aromatic N) is 1. The lowest BCUT2D eigenvalue weighted by Gasteiger charge is -2.31. The van der Waals surface area contributed by atoms with Gasteiger partial charge in [0.15, 0.2) is 0 Å². The minimum Gasteiger partial charge on any atom is -0.463 e. The number of hydrogen-bond donors (Lipinski definition) is 1. The van der Waals surface area contributed by atoms with Crippen LogP contribution in [-0.4, -0.2) is 36.5 Å². The number of rotatable bonds is 2. The lowest BCUT2D eigenvalue weighted by atomic mass is 10.0. The average molecular weight is 264 g/mol. The molecule has 2 fully saturated rings. The van der Waals surface area contributed by atoms with Crippen LogP contribution in [0.3, 0.4) is 0 Å². The van der Waals surface area contributed by atoms with E-state index in [4.69, 9.17) is 9.15 Å². The van der Waals surface area contributed by atoms with E-state index >= 15 is 0 Å². The van der Waals surface area contributed by atoms with Crippen LogP contribution in [0.1, 0.15) is 41.5 Å². The van der Waals surface area contributed by atoms with Crippen molar-refractivity contribution < 1.29 is 18.7 Å². The molecule has 0 unspecified atom stereocenters. The highest BCUT2D eigenvalue weighted by Crippen LogP contribution is 2.34. The molecule has 1 aromatic heterocycles. The number of esters is 1. The Morgan fingerprint density at radius 3 is 3.16 bits per heavy atom. The summed E-state index contributed by atoms with van der Waals surface area (Å²) in [4.78, 5) is 25.7. The highest BCUT2D eigenvalue weighted by atomic mass is 16.5. The first-order chi connectivity index (χ1) is 9.22. The van der Waals surface area contributed by atoms with Gasteiger partial charge in [-0.15, -0.1) is 0 Å². The molecule has 0 spiro atoms. The zero-order valence-corrected chi connectivity index (χ0v) is 10.7. The molecule has 1 N–H and O–H groups in total. The second-order valence-electron chi connectivity index (χ2n) is 4.86. The fourth-order valence-electron chi connectivity index (χ4n) is 2.91. The Morgan fingerprint density at radius 2 is 2.37 bits per heavy atom. The van der Waals surface area contributed by atoms with Crippen molar-refractivity contribution in [3.63, 3.8) is 0 Å². The molecular formula is C13H16N2O4. The van der Waals surface area contributed by atoms with E-state index in [0.29, 0.717) is 5.56 Å². The predicted molar refractivity (Wildman–Crippen MR) is 65.3 cm³/mol. The van der Waals surface area contributed by atoms with E-state index in [1.807, 2.05) is 0 Å². The van der Waals surface area contributed by atoms with Crippen LogP contribution >= 0.6 is 0 Å². The number of ether oxygens (including phenoxy) is 1. The van der Waals surface area contributed by atoms with Crippen LogP contribution in [0.5, 0.6) is 0 Å². The molecule has 19 heavy (non-hydrogen) atoms. The highest BCUT2D eigenvalue weighted by Gasteiger charge is 2.43. The molecule has 0 aliphatic carbocycles. The molecule has 2 atom stereocenters. The topological polar surface area (TPSA) is 71.8 Å². The molecule has 1 aromatic rings. The van der Waals surface area contributed by atoms with Crippen molar-refractivity contribution in [1.82, 2.24) is 10.2 Å². The molecule has 1 amide bonds. The maximum absolute atomic E-state index is 12.0. The van der Waals surface area contributed by atoms with Crippen molar-refractivity contribution in [2.24, 2.45) is 0 Å². The first-order valence-electron chi connectivity index (χ1n) is 6.44. The van der Waals surface area contributed by atoms with Crippen LogP contribution < -0.4 is 5.32 Å². The first-order valence-corrected chi connectivity index (χ1v) is 6.44. The van der Waals surface area contributed by atoms with Crippen LogP contribution in [0.4, 0.5) is 0 Å². The molecule has 0 bridgehead atoms. The van der Waals surface area contributed by atoms with Gasteiger partial charge in [-0.1, -0.05) is 6.42 Å². The highest BCUT2D eigenvalue weighted by molar-refractivity contribution is 5.89. The number of fused-ring (bicyclic) bond motifs is 1. The fraction of sp³-hybridized carbons (Fsp3) is 0.538. The molecule has 3 heterocycles. The quantitative estimate of drug-likeness (QED) is 0.808. The molecular weight excluding hydrogens is 248 g/mol. The van der Waals surface area contributed by atoms with E-state index in [2.05, 4.69) is 10.2 Å². The lowest BCUT2D eigenvalue weighted by Crippen LogP contribution is -2.38. The van der Waals surface area contributed by atoms with E-state index in [0.717, 1.165) is 25.8 Å². The SMILES string of the molecule is COC(=O)c1occc1[C@@H]1NC(=O)[C@@H]2CCCCN21. The summed E-state index contributed by atoms with van der Waals surface area (Å²) in [5, 5.41) is 2.94. The van der Waals surface area contributed by atoms with Gasteiger partial charge < -0.3 is 14.5 Å². The summed E-state index contributed by atoms with van der Waals surface area (Å²) in [6, 6.07) is 1.63. The van der Waals surface area contributed by atoms with E-state index in [9.17, 15) is 9.59 Å². The molecule has 0 radical (unpaired) electrons. The zero-order valence-electron chi connectivity index (χ0n) is 10.7. The number of piperidine rings is 1. The van der Waals surface area contributed by atoms with Crippen molar-refractivity contribution >= 4 is 11.9 Å². The Bertz CT molecular complexity index is 510. The van der Waals surface area contributed by atoms with Gasteiger partial charge >= 0.3 is 5.97 Å². The van der Waals surface area contributed by atoms with Crippen molar-refractivity contribution in [3.05, 3.63) is 23.7 Å². The number of nitrogens with one attached hydrogen (secondary N) is 1. The molecule has 3 rings (SSSR count). The van der Waals surface area contributed by atoms with Crippen molar-refractivity contribution in [2.45, 2.75) is 31.5 Å². The van der Waals surface area contributed by atoms with Gasteiger partial charge in [-0.2, -0.15) is 0 Å². The Balaban J connectivity index is 1.92. The maximum Gasteiger partial charge on any atom is 0.374 e. The maximum atomic E-state index is 12.0. The van der Waals surface area contributed by atoms with Crippen molar-refractivity contribution in [2.75, 3.05) is 13.7 Å². The van der Waals surface area contributed by atoms with Gasteiger partial charge in [0.25, 0.3) is 0 Å². The third-order valence-electron chi connectivity index (χ3n) is 3.82. The summed E-state index contributed by atoms with van der Waals surface area (Å²) in [7, 11) is 1.31. The Hall–Kier alpha value is -1.82. The van der Waals surface area contributed by atoms with E-state index in [-0.39, 0.29) is 23.9 Å². The number of furan rings is 1. The Kier molecular flexibility index (Phi) is 3.02. The van der Waals surface area contributed by atoms with Gasteiger partial charge in [-0.25, -0.2) is 4.79 Å². The number of hydrogen-bond acceptors (Lipinski definition) is 5. The minimum absolute atomic E-state index is 0.0294. The Labute approximate surface area is 110 Å². The number of carbonyl (C=O) groups excluding carboxylic acids is 2. The van der Waals surface area contributed by atoms with Crippen molar-refractivity contribution in [3.8, 4) is 0 Å². The molecule has 2 aliphatic heterocycles. The van der Waals surface area contributed by atoms with Crippen molar-refractivity contribution in [1.29, 1.82) is 0 Å². The zero-order chi connectivity index (χ0) is 13.4. The van der Waals surface area contributed by atoms with Gasteiger partial charge in [-0.3, -0.25) is 9.69 Å². The number of carbonyl (C=O) groups is 2.